The predicted octanol–water partition coefficient (Wildman–Crippen LogP) is 5.39. The third-order valence-electron chi connectivity index (χ3n) is 7.09. The molecular weight excluding hydrogens is 612 g/mol. The van der Waals surface area contributed by atoms with Gasteiger partial charge in [-0.15, -0.1) is 0 Å². The highest BCUT2D eigenvalue weighted by Gasteiger charge is 2.16. The summed E-state index contributed by atoms with van der Waals surface area (Å²) in [6, 6.07) is 13.0. The molecule has 0 bridgehead atoms. The molecule has 1 aromatic heterocycles. The summed E-state index contributed by atoms with van der Waals surface area (Å²) in [5.41, 5.74) is 4.39. The molecule has 230 valence electrons. The van der Waals surface area contributed by atoms with Gasteiger partial charge in [0.25, 0.3) is 5.91 Å². The Balaban J connectivity index is 0.00000616. The number of aromatic nitrogens is 1. The highest BCUT2D eigenvalue weighted by Crippen LogP contribution is 2.32. The molecule has 0 saturated carbocycles. The van der Waals surface area contributed by atoms with E-state index in [1.54, 1.807) is 29.5 Å². The number of benzene rings is 2. The summed E-state index contributed by atoms with van der Waals surface area (Å²) in [5, 5.41) is 4.91. The first-order valence-corrected chi connectivity index (χ1v) is 16.2. The van der Waals surface area contributed by atoms with Gasteiger partial charge in [-0.1, -0.05) is 107 Å². The number of unbranched alkanes of at least 4 members (excludes halogenated alkanes) is 11. The Morgan fingerprint density at radius 3 is 2.07 bits per heavy atom. The molecule has 0 spiro atoms. The van der Waals surface area contributed by atoms with Crippen molar-refractivity contribution < 1.29 is 40.6 Å². The van der Waals surface area contributed by atoms with Crippen LogP contribution in [0.1, 0.15) is 107 Å². The molecule has 1 N–H and O–H groups in total. The predicted molar refractivity (Wildman–Crippen MR) is 167 cm³/mol. The first-order valence-electron chi connectivity index (χ1n) is 15.3. The third-order valence-corrected chi connectivity index (χ3v) is 7.76. The van der Waals surface area contributed by atoms with Gasteiger partial charge < -0.3 is 31.8 Å². The number of ether oxygens (including phenoxy) is 2. The number of para-hydroxylation sites is 1. The summed E-state index contributed by atoms with van der Waals surface area (Å²) in [4.78, 5) is 24.8. The maximum atomic E-state index is 12.6. The monoisotopic (exact) mass is 658 g/mol. The summed E-state index contributed by atoms with van der Waals surface area (Å²) in [5.74, 6) is 0.469. The Labute approximate surface area is 266 Å². The van der Waals surface area contributed by atoms with Crippen LogP contribution in [0.5, 0.6) is 11.5 Å². The highest BCUT2D eigenvalue weighted by atomic mass is 79.9. The molecule has 6 nitrogen and oxygen atoms in total. The third kappa shape index (κ3) is 13.5. The molecule has 1 amide bonds. The molecule has 42 heavy (non-hydrogen) atoms. The van der Waals surface area contributed by atoms with Crippen LogP contribution < -0.4 is 36.3 Å². The number of halogens is 1. The van der Waals surface area contributed by atoms with Crippen molar-refractivity contribution in [2.24, 2.45) is 0 Å². The van der Waals surface area contributed by atoms with Crippen molar-refractivity contribution in [1.29, 1.82) is 0 Å². The van der Waals surface area contributed by atoms with Crippen molar-refractivity contribution in [3.63, 3.8) is 0 Å². The van der Waals surface area contributed by atoms with Crippen molar-refractivity contribution in [1.82, 2.24) is 0 Å². The van der Waals surface area contributed by atoms with Crippen LogP contribution in [0.3, 0.4) is 0 Å². The molecule has 0 aliphatic carbocycles. The molecule has 0 atom stereocenters. The lowest BCUT2D eigenvalue weighted by Crippen LogP contribution is -3.00. The number of rotatable bonds is 21. The number of carbonyl (C=O) groups excluding carboxylic acids is 2. The second-order valence-corrected chi connectivity index (χ2v) is 11.4. The van der Waals surface area contributed by atoms with E-state index in [0.717, 1.165) is 24.9 Å². The molecule has 0 aliphatic rings. The zero-order chi connectivity index (χ0) is 29.1. The molecule has 3 aromatic rings. The van der Waals surface area contributed by atoms with Gasteiger partial charge >= 0.3 is 0 Å². The molecule has 2 aromatic carbocycles. The normalized spacial score (nSPS) is 10.6. The standard InChI is InChI=1S/C34H46N2O4S.BrH/c1-3-4-5-6-7-8-9-10-11-12-13-14-23-39-34-31(28(2)37)16-15-17-32(34)40-26-33(38)35-30-20-18-29(19-21-30)25-36-22-24-41-27-36;/h15-22,24,27H,3-14,23,25-26H2,1-2H3;1H. The Kier molecular flexibility index (Phi) is 17.8. The number of thiazole rings is 1. The van der Waals surface area contributed by atoms with Gasteiger partial charge in [-0.3, -0.25) is 9.59 Å². The van der Waals surface area contributed by atoms with E-state index in [1.807, 2.05) is 35.8 Å². The zero-order valence-electron chi connectivity index (χ0n) is 25.2. The van der Waals surface area contributed by atoms with Gasteiger partial charge in [-0.05, 0) is 37.6 Å². The first kappa shape index (κ1) is 35.5. The number of ketones is 1. The maximum Gasteiger partial charge on any atom is 0.262 e. The Morgan fingerprint density at radius 1 is 0.833 bits per heavy atom. The fraction of sp³-hybridized carbons (Fsp3) is 0.500. The highest BCUT2D eigenvalue weighted by molar-refractivity contribution is 7.07. The van der Waals surface area contributed by atoms with Gasteiger partial charge in [0.15, 0.2) is 36.6 Å². The van der Waals surface area contributed by atoms with E-state index < -0.39 is 0 Å². The van der Waals surface area contributed by atoms with Gasteiger partial charge in [0.05, 0.1) is 17.6 Å². The minimum absolute atomic E-state index is 0. The number of nitrogens with one attached hydrogen (secondary N) is 1. The van der Waals surface area contributed by atoms with E-state index in [1.165, 1.54) is 71.1 Å². The molecule has 0 fully saturated rings. The van der Waals surface area contributed by atoms with E-state index in [2.05, 4.69) is 22.3 Å². The van der Waals surface area contributed by atoms with E-state index >= 15 is 0 Å². The summed E-state index contributed by atoms with van der Waals surface area (Å²) < 4.78 is 14.0. The molecule has 1 heterocycles. The minimum atomic E-state index is -0.273. The van der Waals surface area contributed by atoms with Crippen molar-refractivity contribution in [3.05, 3.63) is 70.7 Å². The number of hydrogen-bond acceptors (Lipinski definition) is 5. The quantitative estimate of drug-likeness (QED) is 0.0947. The molecule has 3 rings (SSSR count). The first-order chi connectivity index (χ1) is 20.1. The zero-order valence-corrected chi connectivity index (χ0v) is 27.6. The lowest BCUT2D eigenvalue weighted by molar-refractivity contribution is -0.683. The summed E-state index contributed by atoms with van der Waals surface area (Å²) in [6.45, 7) is 4.90. The molecule has 0 saturated heterocycles. The fourth-order valence-corrected chi connectivity index (χ4v) is 5.37. The number of carbonyl (C=O) groups is 2. The SMILES string of the molecule is CCCCCCCCCCCCCCOc1c(OCC(=O)Nc2ccc(C[n+]3ccsc3)cc2)cccc1C(C)=O.[Br-]. The molecule has 0 radical (unpaired) electrons. The van der Waals surface area contributed by atoms with Gasteiger partial charge in [0, 0.05) is 11.3 Å². The van der Waals surface area contributed by atoms with Crippen molar-refractivity contribution in [2.45, 2.75) is 97.4 Å². The van der Waals surface area contributed by atoms with Gasteiger partial charge in [0.1, 0.15) is 0 Å². The van der Waals surface area contributed by atoms with E-state index in [9.17, 15) is 9.59 Å². The summed E-state index contributed by atoms with van der Waals surface area (Å²) in [7, 11) is 0. The number of amides is 1. The van der Waals surface area contributed by atoms with Crippen LogP contribution in [-0.4, -0.2) is 24.9 Å². The summed E-state index contributed by atoms with van der Waals surface area (Å²) in [6.07, 6.45) is 17.3. The van der Waals surface area contributed by atoms with Gasteiger partial charge in [-0.2, -0.15) is 4.57 Å². The van der Waals surface area contributed by atoms with Crippen LogP contribution in [0.4, 0.5) is 5.69 Å². The maximum absolute atomic E-state index is 12.6. The molecule has 8 heteroatoms. The fourth-order valence-electron chi connectivity index (χ4n) is 4.77. The number of anilines is 1. The van der Waals surface area contributed by atoms with Crippen LogP contribution in [0.15, 0.2) is 59.6 Å². The van der Waals surface area contributed by atoms with Crippen LogP contribution >= 0.6 is 11.3 Å². The second kappa shape index (κ2) is 21.1. The van der Waals surface area contributed by atoms with E-state index in [0.29, 0.717) is 29.4 Å². The van der Waals surface area contributed by atoms with Crippen LogP contribution in [0.25, 0.3) is 0 Å². The van der Waals surface area contributed by atoms with Crippen LogP contribution in [0.2, 0.25) is 0 Å². The van der Waals surface area contributed by atoms with Crippen molar-refractivity contribution in [3.8, 4) is 11.5 Å². The minimum Gasteiger partial charge on any atom is -1.00 e. The van der Waals surface area contributed by atoms with Crippen LogP contribution in [0, 0.1) is 0 Å². The lowest BCUT2D eigenvalue weighted by atomic mass is 10.1. The average Bonchev–Trinajstić information content (AvgIpc) is 3.48. The van der Waals surface area contributed by atoms with E-state index in [-0.39, 0.29) is 35.3 Å². The molecule has 0 aliphatic heterocycles. The number of Topliss-reactive ketones (excluding diaryl/α,β-unsaturated/α-hetero) is 1. The number of nitrogens with zero attached hydrogens (tertiary/aromatic N) is 1. The van der Waals surface area contributed by atoms with Gasteiger partial charge in [0.2, 0.25) is 5.51 Å². The smallest absolute Gasteiger partial charge is 0.262 e. The average molecular weight is 660 g/mol. The molecular formula is C34H47BrN2O4S. The van der Waals surface area contributed by atoms with Crippen LogP contribution in [-0.2, 0) is 11.3 Å². The number of hydrogen-bond donors (Lipinski definition) is 1. The molecule has 0 unspecified atom stereocenters. The second-order valence-electron chi connectivity index (χ2n) is 10.7. The van der Waals surface area contributed by atoms with Crippen molar-refractivity contribution in [2.75, 3.05) is 18.5 Å². The van der Waals surface area contributed by atoms with Crippen molar-refractivity contribution >= 4 is 28.7 Å². The topological polar surface area (TPSA) is 68.5 Å². The Hall–Kier alpha value is -2.71. The Morgan fingerprint density at radius 2 is 1.48 bits per heavy atom. The summed E-state index contributed by atoms with van der Waals surface area (Å²) >= 11 is 1.65. The lowest BCUT2D eigenvalue weighted by Gasteiger charge is -2.15. The largest absolute Gasteiger partial charge is 1.00 e. The van der Waals surface area contributed by atoms with E-state index in [4.69, 9.17) is 9.47 Å². The Bertz CT molecular complexity index is 1170. The van der Waals surface area contributed by atoms with Gasteiger partial charge in [-0.25, -0.2) is 0 Å².